The van der Waals surface area contributed by atoms with Crippen LogP contribution >= 0.6 is 15.6 Å². The zero-order chi connectivity index (χ0) is 16.0. The summed E-state index contributed by atoms with van der Waals surface area (Å²) in [6.07, 6.45) is 0. The summed E-state index contributed by atoms with van der Waals surface area (Å²) in [5.74, 6) is 0. The molecule has 0 saturated carbocycles. The third-order valence-electron chi connectivity index (χ3n) is 1.66. The number of phosphoric acid groups is 2. The predicted molar refractivity (Wildman–Crippen MR) is 65.1 cm³/mol. The van der Waals surface area contributed by atoms with E-state index in [4.69, 9.17) is 50.0 Å². The molecule has 0 aliphatic rings. The number of nitrogens with two attached hydrogens (primary N) is 2. The van der Waals surface area contributed by atoms with Crippen LogP contribution < -0.4 is 11.5 Å². The second-order valence-electron chi connectivity index (χ2n) is 4.47. The summed E-state index contributed by atoms with van der Waals surface area (Å²) in [4.78, 5) is 43.1. The first-order valence-electron chi connectivity index (χ1n) is 4.39. The van der Waals surface area contributed by atoms with Gasteiger partial charge in [-0.05, 0) is 27.7 Å². The quantitative estimate of drug-likeness (QED) is 0.265. The van der Waals surface area contributed by atoms with Crippen molar-refractivity contribution in [3.05, 3.63) is 0 Å². The van der Waals surface area contributed by atoms with Gasteiger partial charge in [0.25, 0.3) is 0 Å². The average Bonchev–Trinajstić information content (AvgIpc) is 1.70. The van der Waals surface area contributed by atoms with Crippen molar-refractivity contribution in [2.75, 3.05) is 0 Å². The lowest BCUT2D eigenvalue weighted by atomic mass is 9.85. The van der Waals surface area contributed by atoms with E-state index in [2.05, 4.69) is 0 Å². The maximum absolute atomic E-state index is 8.88. The lowest BCUT2D eigenvalue weighted by Gasteiger charge is -2.34. The van der Waals surface area contributed by atoms with Crippen molar-refractivity contribution in [3.8, 4) is 0 Å². The molecular formula is C6H22N2O8P2. The minimum atomic E-state index is -4.64. The third-order valence-corrected chi connectivity index (χ3v) is 1.66. The highest BCUT2D eigenvalue weighted by Gasteiger charge is 2.28. The van der Waals surface area contributed by atoms with Crippen LogP contribution in [0.4, 0.5) is 0 Å². The van der Waals surface area contributed by atoms with Gasteiger partial charge in [-0.1, -0.05) is 0 Å². The van der Waals surface area contributed by atoms with Crippen LogP contribution in [0.1, 0.15) is 27.7 Å². The van der Waals surface area contributed by atoms with Crippen molar-refractivity contribution in [2.24, 2.45) is 11.5 Å². The molecule has 0 atom stereocenters. The highest BCUT2D eigenvalue weighted by atomic mass is 31.2. The Labute approximate surface area is 105 Å². The Hall–Kier alpha value is 0.140. The van der Waals surface area contributed by atoms with Crippen LogP contribution in [-0.4, -0.2) is 40.4 Å². The van der Waals surface area contributed by atoms with Gasteiger partial charge in [0, 0.05) is 11.1 Å². The van der Waals surface area contributed by atoms with Gasteiger partial charge in [0.15, 0.2) is 0 Å². The standard InChI is InChI=1S/C6H16N2.2H3O4P/c1-5(2,7)6(3,4)8;2*1-5(2,3)4/h7-8H2,1-4H3;2*(H3,1,2,3,4). The fourth-order valence-corrected chi connectivity index (χ4v) is 0. The largest absolute Gasteiger partial charge is 0.466 e. The molecule has 0 aromatic heterocycles. The molecule has 0 rings (SSSR count). The van der Waals surface area contributed by atoms with Gasteiger partial charge in [0.1, 0.15) is 0 Å². The Bertz CT molecular complexity index is 260. The Morgan fingerprint density at radius 2 is 0.722 bits per heavy atom. The van der Waals surface area contributed by atoms with Crippen LogP contribution in [0, 0.1) is 0 Å². The first kappa shape index (κ1) is 23.2. The minimum Gasteiger partial charge on any atom is -0.324 e. The lowest BCUT2D eigenvalue weighted by Crippen LogP contribution is -2.58. The van der Waals surface area contributed by atoms with Crippen LogP contribution in [0.3, 0.4) is 0 Å². The summed E-state index contributed by atoms with van der Waals surface area (Å²) >= 11 is 0. The zero-order valence-electron chi connectivity index (χ0n) is 10.5. The van der Waals surface area contributed by atoms with E-state index < -0.39 is 15.6 Å². The second-order valence-corrected chi connectivity index (χ2v) is 6.52. The highest BCUT2D eigenvalue weighted by Crippen LogP contribution is 2.26. The predicted octanol–water partition coefficient (Wildman–Crippen LogP) is -1.40. The van der Waals surface area contributed by atoms with E-state index in [1.165, 1.54) is 0 Å². The summed E-state index contributed by atoms with van der Waals surface area (Å²) in [5.41, 5.74) is 10.8. The van der Waals surface area contributed by atoms with E-state index in [-0.39, 0.29) is 11.1 Å². The van der Waals surface area contributed by atoms with E-state index in [1.807, 2.05) is 27.7 Å². The Kier molecular flexibility index (Phi) is 9.90. The van der Waals surface area contributed by atoms with E-state index >= 15 is 0 Å². The number of hydrogen-bond acceptors (Lipinski definition) is 4. The Morgan fingerprint density at radius 3 is 0.722 bits per heavy atom. The van der Waals surface area contributed by atoms with Crippen LogP contribution in [0.2, 0.25) is 0 Å². The summed E-state index contributed by atoms with van der Waals surface area (Å²) in [6, 6.07) is 0. The maximum atomic E-state index is 8.88. The summed E-state index contributed by atoms with van der Waals surface area (Å²) in [6.45, 7) is 7.69. The molecule has 0 heterocycles. The van der Waals surface area contributed by atoms with E-state index in [0.29, 0.717) is 0 Å². The SMILES string of the molecule is CC(C)(N)C(C)(C)N.O=P(O)(O)O.O=P(O)(O)O. The second kappa shape index (κ2) is 7.66. The summed E-state index contributed by atoms with van der Waals surface area (Å²) in [5, 5.41) is 0. The van der Waals surface area contributed by atoms with Crippen LogP contribution in [0.25, 0.3) is 0 Å². The van der Waals surface area contributed by atoms with Crippen molar-refractivity contribution < 1.29 is 38.5 Å². The molecule has 0 aliphatic carbocycles. The Morgan fingerprint density at radius 1 is 0.667 bits per heavy atom. The fourth-order valence-electron chi connectivity index (χ4n) is 0. The van der Waals surface area contributed by atoms with E-state index in [1.54, 1.807) is 0 Å². The van der Waals surface area contributed by atoms with Gasteiger partial charge >= 0.3 is 15.6 Å². The van der Waals surface area contributed by atoms with Gasteiger partial charge in [0.2, 0.25) is 0 Å². The maximum Gasteiger partial charge on any atom is 0.466 e. The van der Waals surface area contributed by atoms with Gasteiger partial charge in [-0.25, -0.2) is 9.13 Å². The molecule has 10 N–H and O–H groups in total. The highest BCUT2D eigenvalue weighted by molar-refractivity contribution is 7.45. The third kappa shape index (κ3) is 44.3. The molecule has 0 fully saturated rings. The van der Waals surface area contributed by atoms with Crippen molar-refractivity contribution in [1.29, 1.82) is 0 Å². The van der Waals surface area contributed by atoms with Gasteiger partial charge in [-0.2, -0.15) is 0 Å². The number of hydrogen-bond donors (Lipinski definition) is 8. The minimum absolute atomic E-state index is 0.285. The first-order valence-corrected chi connectivity index (χ1v) is 7.52. The molecule has 12 heteroatoms. The molecule has 0 unspecified atom stereocenters. The molecule has 0 aromatic carbocycles. The summed E-state index contributed by atoms with van der Waals surface area (Å²) < 4.78 is 17.8. The van der Waals surface area contributed by atoms with Crippen molar-refractivity contribution in [2.45, 2.75) is 38.8 Å². The van der Waals surface area contributed by atoms with Crippen LogP contribution in [0.15, 0.2) is 0 Å². The van der Waals surface area contributed by atoms with Crippen molar-refractivity contribution in [1.82, 2.24) is 0 Å². The average molecular weight is 312 g/mol. The topological polar surface area (TPSA) is 208 Å². The Balaban J connectivity index is -0.000000197. The smallest absolute Gasteiger partial charge is 0.324 e. The van der Waals surface area contributed by atoms with E-state index in [0.717, 1.165) is 0 Å². The van der Waals surface area contributed by atoms with E-state index in [9.17, 15) is 0 Å². The molecule has 0 bridgehead atoms. The first-order chi connectivity index (χ1) is 7.25. The molecule has 0 saturated heterocycles. The van der Waals surface area contributed by atoms with Crippen LogP contribution in [-0.2, 0) is 9.13 Å². The molecule has 0 aliphatic heterocycles. The molecule has 114 valence electrons. The fraction of sp³-hybridized carbons (Fsp3) is 1.00. The van der Waals surface area contributed by atoms with Crippen molar-refractivity contribution in [3.63, 3.8) is 0 Å². The lowest BCUT2D eigenvalue weighted by molar-refractivity contribution is 0.272. The zero-order valence-corrected chi connectivity index (χ0v) is 12.3. The van der Waals surface area contributed by atoms with Gasteiger partial charge in [-0.3, -0.25) is 0 Å². The molecule has 0 spiro atoms. The van der Waals surface area contributed by atoms with Gasteiger partial charge < -0.3 is 40.8 Å². The monoisotopic (exact) mass is 312 g/mol. The molecule has 0 radical (unpaired) electrons. The van der Waals surface area contributed by atoms with Crippen molar-refractivity contribution >= 4 is 15.6 Å². The van der Waals surface area contributed by atoms with Gasteiger partial charge in [0.05, 0.1) is 0 Å². The molecule has 10 nitrogen and oxygen atoms in total. The number of rotatable bonds is 1. The molecule has 0 amide bonds. The molecule has 0 aromatic rings. The van der Waals surface area contributed by atoms with Crippen LogP contribution in [0.5, 0.6) is 0 Å². The summed E-state index contributed by atoms with van der Waals surface area (Å²) in [7, 11) is -9.28. The normalized spacial score (nSPS) is 12.9. The van der Waals surface area contributed by atoms with Gasteiger partial charge in [-0.15, -0.1) is 0 Å². The molecular weight excluding hydrogens is 290 g/mol. The molecule has 18 heavy (non-hydrogen) atoms.